The zero-order valence-electron chi connectivity index (χ0n) is 11.3. The molecule has 112 valence electrons. The van der Waals surface area contributed by atoms with E-state index in [1.807, 2.05) is 13.0 Å². The highest BCUT2D eigenvalue weighted by molar-refractivity contribution is 7.93. The Hall–Kier alpha value is -1.50. The third-order valence-corrected chi connectivity index (χ3v) is 4.90. The van der Waals surface area contributed by atoms with Gasteiger partial charge >= 0.3 is 0 Å². The maximum Gasteiger partial charge on any atom is 0.266 e. The van der Waals surface area contributed by atoms with Crippen LogP contribution in [0.25, 0.3) is 0 Å². The number of nitrogens with one attached hydrogen (secondary N) is 1. The number of nitrogens with two attached hydrogens (primary N) is 1. The largest absolute Gasteiger partial charge is 0.399 e. The third kappa shape index (κ3) is 3.58. The molecular weight excluding hydrogens is 333 g/mol. The lowest BCUT2D eigenvalue weighted by Crippen LogP contribution is -2.15. The van der Waals surface area contributed by atoms with Crippen molar-refractivity contribution in [3.63, 3.8) is 0 Å². The van der Waals surface area contributed by atoms with Crippen LogP contribution in [-0.2, 0) is 10.0 Å². The van der Waals surface area contributed by atoms with Crippen LogP contribution in [-0.4, -0.2) is 13.4 Å². The molecule has 3 N–H and O–H groups in total. The van der Waals surface area contributed by atoms with Crippen molar-refractivity contribution in [3.05, 3.63) is 45.6 Å². The van der Waals surface area contributed by atoms with Crippen LogP contribution in [0.4, 0.5) is 11.5 Å². The Kier molecular flexibility index (Phi) is 4.32. The summed E-state index contributed by atoms with van der Waals surface area (Å²) in [5.74, 6) is 0.205. The highest BCUT2D eigenvalue weighted by atomic mass is 35.5. The monoisotopic (exact) mass is 345 g/mol. The molecule has 0 bridgehead atoms. The highest BCUT2D eigenvalue weighted by Gasteiger charge is 2.23. The number of sulfonamides is 1. The number of halogens is 2. The molecule has 2 aromatic rings. The quantitative estimate of drug-likeness (QED) is 0.835. The van der Waals surface area contributed by atoms with Crippen LogP contribution < -0.4 is 10.5 Å². The van der Waals surface area contributed by atoms with Gasteiger partial charge in [0.05, 0.1) is 10.0 Å². The van der Waals surface area contributed by atoms with E-state index in [1.54, 1.807) is 13.0 Å². The molecule has 1 aromatic heterocycles. The van der Waals surface area contributed by atoms with Crippen LogP contribution in [0.3, 0.4) is 0 Å². The lowest BCUT2D eigenvalue weighted by molar-refractivity contribution is 0.601. The number of hydrogen-bond donors (Lipinski definition) is 2. The van der Waals surface area contributed by atoms with Crippen molar-refractivity contribution in [1.82, 2.24) is 4.98 Å². The summed E-state index contributed by atoms with van der Waals surface area (Å²) in [7, 11) is -3.96. The number of nitrogens with zero attached hydrogens (tertiary/aromatic N) is 1. The highest BCUT2D eigenvalue weighted by Crippen LogP contribution is 2.32. The summed E-state index contributed by atoms with van der Waals surface area (Å²) in [6, 6.07) is 6.11. The van der Waals surface area contributed by atoms with Crippen LogP contribution in [0.2, 0.25) is 10.0 Å². The fourth-order valence-corrected chi connectivity index (χ4v) is 4.15. The van der Waals surface area contributed by atoms with E-state index in [2.05, 4.69) is 9.71 Å². The van der Waals surface area contributed by atoms with E-state index in [4.69, 9.17) is 28.9 Å². The molecule has 0 atom stereocenters. The standard InChI is InChI=1S/C13H13Cl2N3O2S/c1-7-3-8(2)17-12(4-7)18-21(19,20)13-10(14)5-9(16)6-11(13)15/h3-6H,16H2,1-2H3,(H,17,18). The number of anilines is 2. The summed E-state index contributed by atoms with van der Waals surface area (Å²) < 4.78 is 27.2. The second-order valence-corrected chi connectivity index (χ2v) is 7.02. The maximum atomic E-state index is 12.4. The second kappa shape index (κ2) is 5.71. The first-order valence-electron chi connectivity index (χ1n) is 5.91. The van der Waals surface area contributed by atoms with Gasteiger partial charge in [-0.3, -0.25) is 4.72 Å². The lowest BCUT2D eigenvalue weighted by Gasteiger charge is -2.12. The summed E-state index contributed by atoms with van der Waals surface area (Å²) in [6.45, 7) is 3.61. The number of rotatable bonds is 3. The maximum absolute atomic E-state index is 12.4. The molecule has 1 heterocycles. The first-order valence-corrected chi connectivity index (χ1v) is 8.15. The van der Waals surface area contributed by atoms with Gasteiger partial charge in [0.25, 0.3) is 10.0 Å². The fraction of sp³-hybridized carbons (Fsp3) is 0.154. The molecule has 0 spiro atoms. The molecule has 0 aliphatic rings. The lowest BCUT2D eigenvalue weighted by atomic mass is 10.2. The normalized spacial score (nSPS) is 11.4. The van der Waals surface area contributed by atoms with Crippen LogP contribution in [0.15, 0.2) is 29.2 Å². The van der Waals surface area contributed by atoms with Gasteiger partial charge in [-0.25, -0.2) is 13.4 Å². The Bertz CT molecular complexity index is 764. The van der Waals surface area contributed by atoms with Gasteiger partial charge in [0.15, 0.2) is 0 Å². The summed E-state index contributed by atoms with van der Waals surface area (Å²) in [4.78, 5) is 3.90. The van der Waals surface area contributed by atoms with Crippen molar-refractivity contribution in [1.29, 1.82) is 0 Å². The van der Waals surface area contributed by atoms with Crippen molar-refractivity contribution >= 4 is 44.7 Å². The molecule has 0 fully saturated rings. The van der Waals surface area contributed by atoms with Crippen molar-refractivity contribution in [2.24, 2.45) is 0 Å². The van der Waals surface area contributed by atoms with Gasteiger partial charge in [0, 0.05) is 11.4 Å². The van der Waals surface area contributed by atoms with Gasteiger partial charge < -0.3 is 5.73 Å². The SMILES string of the molecule is Cc1cc(C)nc(NS(=O)(=O)c2c(Cl)cc(N)cc2Cl)c1. The fourth-order valence-electron chi connectivity index (χ4n) is 1.92. The summed E-state index contributed by atoms with van der Waals surface area (Å²) >= 11 is 11.9. The molecule has 0 amide bonds. The Balaban J connectivity index is 2.48. The number of aryl methyl sites for hydroxylation is 2. The minimum Gasteiger partial charge on any atom is -0.399 e. The average molecular weight is 346 g/mol. The smallest absolute Gasteiger partial charge is 0.266 e. The molecule has 0 aliphatic heterocycles. The molecule has 0 aliphatic carbocycles. The minimum absolute atomic E-state index is 0.0446. The van der Waals surface area contributed by atoms with E-state index in [0.29, 0.717) is 5.69 Å². The Labute approximate surface area is 133 Å². The van der Waals surface area contributed by atoms with Crippen molar-refractivity contribution < 1.29 is 8.42 Å². The Morgan fingerprint density at radius 1 is 1.10 bits per heavy atom. The molecule has 0 saturated heterocycles. The van der Waals surface area contributed by atoms with E-state index in [0.717, 1.165) is 5.56 Å². The predicted molar refractivity (Wildman–Crippen MR) is 85.4 cm³/mol. The van der Waals surface area contributed by atoms with Gasteiger partial charge in [-0.2, -0.15) is 0 Å². The van der Waals surface area contributed by atoms with E-state index in [9.17, 15) is 8.42 Å². The zero-order chi connectivity index (χ0) is 15.8. The first kappa shape index (κ1) is 15.9. The minimum atomic E-state index is -3.96. The van der Waals surface area contributed by atoms with Gasteiger partial charge in [-0.05, 0) is 43.7 Å². The van der Waals surface area contributed by atoms with Crippen LogP contribution in [0.1, 0.15) is 11.3 Å². The number of nitrogen functional groups attached to an aromatic ring is 1. The summed E-state index contributed by atoms with van der Waals surface area (Å²) in [6.07, 6.45) is 0. The summed E-state index contributed by atoms with van der Waals surface area (Å²) in [5, 5.41) is -0.0891. The van der Waals surface area contributed by atoms with E-state index in [-0.39, 0.29) is 26.4 Å². The Morgan fingerprint density at radius 2 is 1.67 bits per heavy atom. The van der Waals surface area contributed by atoms with Crippen molar-refractivity contribution in [2.45, 2.75) is 18.7 Å². The van der Waals surface area contributed by atoms with Crippen LogP contribution in [0, 0.1) is 13.8 Å². The molecule has 0 radical (unpaired) electrons. The van der Waals surface area contributed by atoms with E-state index < -0.39 is 10.0 Å². The molecule has 0 unspecified atom stereocenters. The third-order valence-electron chi connectivity index (χ3n) is 2.63. The topological polar surface area (TPSA) is 85.1 Å². The average Bonchev–Trinajstić information content (AvgIpc) is 2.23. The molecule has 5 nitrogen and oxygen atoms in total. The molecule has 1 aromatic carbocycles. The van der Waals surface area contributed by atoms with Gasteiger partial charge in [-0.15, -0.1) is 0 Å². The molecule has 0 saturated carbocycles. The van der Waals surface area contributed by atoms with Gasteiger partial charge in [0.2, 0.25) is 0 Å². The Morgan fingerprint density at radius 3 is 2.19 bits per heavy atom. The molecule has 2 rings (SSSR count). The number of aromatic nitrogens is 1. The van der Waals surface area contributed by atoms with Crippen LogP contribution in [0.5, 0.6) is 0 Å². The second-order valence-electron chi connectivity index (χ2n) is 4.59. The molecule has 21 heavy (non-hydrogen) atoms. The number of benzene rings is 1. The van der Waals surface area contributed by atoms with Gasteiger partial charge in [-0.1, -0.05) is 23.2 Å². The van der Waals surface area contributed by atoms with Crippen molar-refractivity contribution in [3.8, 4) is 0 Å². The summed E-state index contributed by atoms with van der Waals surface area (Å²) in [5.41, 5.74) is 7.43. The molecular formula is C13H13Cl2N3O2S. The van der Waals surface area contributed by atoms with Gasteiger partial charge in [0.1, 0.15) is 10.7 Å². The number of hydrogen-bond acceptors (Lipinski definition) is 4. The van der Waals surface area contributed by atoms with Crippen molar-refractivity contribution in [2.75, 3.05) is 10.5 Å². The van der Waals surface area contributed by atoms with Crippen LogP contribution >= 0.6 is 23.2 Å². The van der Waals surface area contributed by atoms with E-state index in [1.165, 1.54) is 12.1 Å². The zero-order valence-corrected chi connectivity index (χ0v) is 13.6. The molecule has 8 heteroatoms. The predicted octanol–water partition coefficient (Wildman–Crippen LogP) is 3.39. The first-order chi connectivity index (χ1) is 9.69. The van der Waals surface area contributed by atoms with E-state index >= 15 is 0 Å². The number of pyridine rings is 1.